The first kappa shape index (κ1) is 14.1. The van der Waals surface area contributed by atoms with Crippen molar-refractivity contribution in [1.29, 1.82) is 0 Å². The zero-order valence-electron chi connectivity index (χ0n) is 11.8. The van der Waals surface area contributed by atoms with Crippen LogP contribution in [0.5, 0.6) is 5.88 Å². The van der Waals surface area contributed by atoms with Gasteiger partial charge in [0.15, 0.2) is 0 Å². The van der Waals surface area contributed by atoms with Crippen LogP contribution < -0.4 is 4.74 Å². The maximum atomic E-state index is 11.1. The third-order valence-electron chi connectivity index (χ3n) is 3.28. The van der Waals surface area contributed by atoms with Gasteiger partial charge in [-0.2, -0.15) is 0 Å². The van der Waals surface area contributed by atoms with Crippen LogP contribution >= 0.6 is 0 Å². The molecule has 0 unspecified atom stereocenters. The zero-order valence-corrected chi connectivity index (χ0v) is 11.8. The SMILES string of the molecule is O=C(O)c1c[nH]c2ccc(OCCCc3ccccn3)nc12. The van der Waals surface area contributed by atoms with Gasteiger partial charge in [0.05, 0.1) is 12.1 Å². The summed E-state index contributed by atoms with van der Waals surface area (Å²) in [5.74, 6) is -0.582. The van der Waals surface area contributed by atoms with E-state index in [1.807, 2.05) is 18.2 Å². The topological polar surface area (TPSA) is 88.1 Å². The van der Waals surface area contributed by atoms with Crippen molar-refractivity contribution in [2.24, 2.45) is 0 Å². The van der Waals surface area contributed by atoms with Crippen molar-refractivity contribution >= 4 is 17.0 Å². The van der Waals surface area contributed by atoms with Gasteiger partial charge in [-0.05, 0) is 31.0 Å². The van der Waals surface area contributed by atoms with E-state index in [9.17, 15) is 4.79 Å². The first-order valence-electron chi connectivity index (χ1n) is 6.98. The summed E-state index contributed by atoms with van der Waals surface area (Å²) in [4.78, 5) is 22.5. The number of ether oxygens (including phenoxy) is 1. The lowest BCUT2D eigenvalue weighted by atomic mass is 10.2. The molecular formula is C16H15N3O3. The minimum atomic E-state index is -1.01. The lowest BCUT2D eigenvalue weighted by molar-refractivity contribution is 0.0699. The largest absolute Gasteiger partial charge is 0.478 e. The molecule has 0 aliphatic rings. The Balaban J connectivity index is 1.62. The number of pyridine rings is 2. The van der Waals surface area contributed by atoms with Crippen molar-refractivity contribution in [3.05, 3.63) is 54.0 Å². The number of aromatic carboxylic acids is 1. The number of carboxylic acids is 1. The van der Waals surface area contributed by atoms with Crippen molar-refractivity contribution < 1.29 is 14.6 Å². The smallest absolute Gasteiger partial charge is 0.339 e. The van der Waals surface area contributed by atoms with Crippen LogP contribution in [-0.2, 0) is 6.42 Å². The Morgan fingerprint density at radius 3 is 2.95 bits per heavy atom. The second-order valence-electron chi connectivity index (χ2n) is 4.83. The molecule has 3 aromatic rings. The van der Waals surface area contributed by atoms with E-state index in [0.717, 1.165) is 18.5 Å². The number of fused-ring (bicyclic) bond motifs is 1. The van der Waals surface area contributed by atoms with Crippen molar-refractivity contribution in [3.63, 3.8) is 0 Å². The maximum absolute atomic E-state index is 11.1. The number of nitrogens with zero attached hydrogens (tertiary/aromatic N) is 2. The number of aromatic amines is 1. The number of aryl methyl sites for hydroxylation is 1. The Morgan fingerprint density at radius 1 is 1.27 bits per heavy atom. The second-order valence-corrected chi connectivity index (χ2v) is 4.83. The lowest BCUT2D eigenvalue weighted by Crippen LogP contribution is -2.02. The first-order valence-corrected chi connectivity index (χ1v) is 6.98. The average Bonchev–Trinajstić information content (AvgIpc) is 2.96. The third kappa shape index (κ3) is 3.06. The number of carboxylic acid groups (broad SMARTS) is 1. The summed E-state index contributed by atoms with van der Waals surface area (Å²) < 4.78 is 5.59. The number of aromatic nitrogens is 3. The highest BCUT2D eigenvalue weighted by Gasteiger charge is 2.12. The highest BCUT2D eigenvalue weighted by atomic mass is 16.5. The van der Waals surface area contributed by atoms with Gasteiger partial charge < -0.3 is 14.8 Å². The Kier molecular flexibility index (Phi) is 4.00. The summed E-state index contributed by atoms with van der Waals surface area (Å²) in [5.41, 5.74) is 2.26. The zero-order chi connectivity index (χ0) is 15.4. The van der Waals surface area contributed by atoms with E-state index in [0.29, 0.717) is 23.5 Å². The van der Waals surface area contributed by atoms with Crippen LogP contribution in [0.2, 0.25) is 0 Å². The minimum Gasteiger partial charge on any atom is -0.478 e. The molecule has 6 nitrogen and oxygen atoms in total. The Morgan fingerprint density at radius 2 is 2.18 bits per heavy atom. The molecule has 0 spiro atoms. The molecule has 3 heterocycles. The van der Waals surface area contributed by atoms with E-state index >= 15 is 0 Å². The number of carbonyl (C=O) groups is 1. The summed E-state index contributed by atoms with van der Waals surface area (Å²) in [6.07, 6.45) is 4.85. The summed E-state index contributed by atoms with van der Waals surface area (Å²) in [7, 11) is 0. The van der Waals surface area contributed by atoms with Crippen LogP contribution in [0, 0.1) is 0 Å². The third-order valence-corrected chi connectivity index (χ3v) is 3.28. The standard InChI is InChI=1S/C16H15N3O3/c20-16(21)12-10-18-13-6-7-14(19-15(12)13)22-9-3-5-11-4-1-2-8-17-11/h1-2,4,6-8,10,18H,3,5,9H2,(H,20,21). The van der Waals surface area contributed by atoms with Crippen molar-refractivity contribution in [1.82, 2.24) is 15.0 Å². The van der Waals surface area contributed by atoms with Crippen LogP contribution in [-0.4, -0.2) is 32.6 Å². The van der Waals surface area contributed by atoms with Gasteiger partial charge in [-0.1, -0.05) is 6.07 Å². The molecule has 2 N–H and O–H groups in total. The molecule has 0 fully saturated rings. The monoisotopic (exact) mass is 297 g/mol. The Bertz CT molecular complexity index is 784. The first-order chi connectivity index (χ1) is 10.7. The summed E-state index contributed by atoms with van der Waals surface area (Å²) in [5, 5.41) is 9.10. The van der Waals surface area contributed by atoms with E-state index < -0.39 is 5.97 Å². The molecule has 0 atom stereocenters. The fraction of sp³-hybridized carbons (Fsp3) is 0.188. The highest BCUT2D eigenvalue weighted by Crippen LogP contribution is 2.19. The molecule has 0 aliphatic heterocycles. The van der Waals surface area contributed by atoms with Gasteiger partial charge >= 0.3 is 5.97 Å². The van der Waals surface area contributed by atoms with Crippen LogP contribution in [0.3, 0.4) is 0 Å². The molecule has 0 saturated heterocycles. The molecule has 0 aliphatic carbocycles. The number of H-pyrrole nitrogens is 1. The van der Waals surface area contributed by atoms with E-state index in [1.165, 1.54) is 6.20 Å². The van der Waals surface area contributed by atoms with E-state index in [1.54, 1.807) is 18.3 Å². The van der Waals surface area contributed by atoms with Gasteiger partial charge in [-0.15, -0.1) is 0 Å². The van der Waals surface area contributed by atoms with E-state index in [4.69, 9.17) is 9.84 Å². The summed E-state index contributed by atoms with van der Waals surface area (Å²) >= 11 is 0. The van der Waals surface area contributed by atoms with Crippen LogP contribution in [0.25, 0.3) is 11.0 Å². The number of hydrogen-bond acceptors (Lipinski definition) is 4. The molecule has 0 aromatic carbocycles. The van der Waals surface area contributed by atoms with Gasteiger partial charge in [-0.25, -0.2) is 9.78 Å². The number of nitrogens with one attached hydrogen (secondary N) is 1. The van der Waals surface area contributed by atoms with Crippen LogP contribution in [0.4, 0.5) is 0 Å². The predicted molar refractivity (Wildman–Crippen MR) is 81.1 cm³/mol. The average molecular weight is 297 g/mol. The van der Waals surface area contributed by atoms with E-state index in [2.05, 4.69) is 15.0 Å². The fourth-order valence-electron chi connectivity index (χ4n) is 2.20. The van der Waals surface area contributed by atoms with Gasteiger partial charge in [-0.3, -0.25) is 4.98 Å². The molecule has 0 radical (unpaired) electrons. The molecule has 0 amide bonds. The van der Waals surface area contributed by atoms with E-state index in [-0.39, 0.29) is 5.56 Å². The maximum Gasteiger partial charge on any atom is 0.339 e. The van der Waals surface area contributed by atoms with Gasteiger partial charge in [0.2, 0.25) is 5.88 Å². The molecule has 0 bridgehead atoms. The van der Waals surface area contributed by atoms with Crippen molar-refractivity contribution in [2.75, 3.05) is 6.61 Å². The molecule has 3 rings (SSSR count). The number of rotatable bonds is 6. The molecular weight excluding hydrogens is 282 g/mol. The van der Waals surface area contributed by atoms with Gasteiger partial charge in [0.1, 0.15) is 11.1 Å². The molecule has 3 aromatic heterocycles. The quantitative estimate of drug-likeness (QED) is 0.683. The Hall–Kier alpha value is -2.89. The Labute approximate surface area is 126 Å². The molecule has 112 valence electrons. The van der Waals surface area contributed by atoms with Crippen LogP contribution in [0.1, 0.15) is 22.5 Å². The molecule has 6 heteroatoms. The minimum absolute atomic E-state index is 0.147. The molecule has 0 saturated carbocycles. The van der Waals surface area contributed by atoms with Gasteiger partial charge in [0.25, 0.3) is 0 Å². The lowest BCUT2D eigenvalue weighted by Gasteiger charge is -2.05. The second kappa shape index (κ2) is 6.26. The summed E-state index contributed by atoms with van der Waals surface area (Å²) in [6.45, 7) is 0.502. The predicted octanol–water partition coefficient (Wildman–Crippen LogP) is 2.67. The van der Waals surface area contributed by atoms with Crippen LogP contribution in [0.15, 0.2) is 42.7 Å². The fourth-order valence-corrected chi connectivity index (χ4v) is 2.20. The molecule has 22 heavy (non-hydrogen) atoms. The van der Waals surface area contributed by atoms with Crippen molar-refractivity contribution in [2.45, 2.75) is 12.8 Å². The van der Waals surface area contributed by atoms with Crippen molar-refractivity contribution in [3.8, 4) is 5.88 Å². The normalized spacial score (nSPS) is 10.7. The number of hydrogen-bond donors (Lipinski definition) is 2. The summed E-state index contributed by atoms with van der Waals surface area (Å²) in [6, 6.07) is 9.31. The highest BCUT2D eigenvalue weighted by molar-refractivity contribution is 6.01. The van der Waals surface area contributed by atoms with Gasteiger partial charge in [0, 0.05) is 24.2 Å².